The molecule has 0 saturated carbocycles. The molecule has 31 heavy (non-hydrogen) atoms. The second kappa shape index (κ2) is 8.60. The minimum atomic E-state index is -0.522. The molecule has 1 aromatic carbocycles. The van der Waals surface area contributed by atoms with E-state index in [2.05, 4.69) is 25.1 Å². The lowest BCUT2D eigenvalue weighted by atomic mass is 10.1. The molecule has 0 aliphatic rings. The first-order chi connectivity index (χ1) is 15.0. The first-order valence-corrected chi connectivity index (χ1v) is 10.3. The van der Waals surface area contributed by atoms with E-state index in [1.807, 2.05) is 6.92 Å². The number of carbonyl (C=O) groups excluding carboxylic acids is 2. The van der Waals surface area contributed by atoms with Crippen molar-refractivity contribution >= 4 is 34.1 Å². The van der Waals surface area contributed by atoms with E-state index >= 15 is 0 Å². The molecule has 0 aliphatic carbocycles. The van der Waals surface area contributed by atoms with Gasteiger partial charge in [-0.1, -0.05) is 6.92 Å². The SMILES string of the molecule is CCC(NC(=O)c1cncc2c1cnn2-c1ccc(F)cc1)c1nc(C(=O)OC)cs1. The van der Waals surface area contributed by atoms with Crippen molar-refractivity contribution in [1.29, 1.82) is 0 Å². The zero-order chi connectivity index (χ0) is 22.0. The first kappa shape index (κ1) is 20.6. The van der Waals surface area contributed by atoms with Crippen LogP contribution in [-0.4, -0.2) is 38.7 Å². The van der Waals surface area contributed by atoms with Crippen molar-refractivity contribution in [3.8, 4) is 5.69 Å². The Morgan fingerprint density at radius 3 is 2.71 bits per heavy atom. The highest BCUT2D eigenvalue weighted by Crippen LogP contribution is 2.24. The summed E-state index contributed by atoms with van der Waals surface area (Å²) in [7, 11) is 1.29. The van der Waals surface area contributed by atoms with Gasteiger partial charge in [0.25, 0.3) is 5.91 Å². The number of nitrogens with zero attached hydrogens (tertiary/aromatic N) is 4. The van der Waals surface area contributed by atoms with Crippen LogP contribution >= 0.6 is 11.3 Å². The number of carbonyl (C=O) groups is 2. The molecule has 1 unspecified atom stereocenters. The highest BCUT2D eigenvalue weighted by Gasteiger charge is 2.22. The van der Waals surface area contributed by atoms with E-state index in [-0.39, 0.29) is 23.5 Å². The molecule has 3 aromatic heterocycles. The minimum absolute atomic E-state index is 0.208. The maximum atomic E-state index is 13.2. The summed E-state index contributed by atoms with van der Waals surface area (Å²) >= 11 is 1.28. The number of rotatable bonds is 6. The number of hydrogen-bond acceptors (Lipinski definition) is 7. The highest BCUT2D eigenvalue weighted by atomic mass is 32.1. The average Bonchev–Trinajstić information content (AvgIpc) is 3.45. The lowest BCUT2D eigenvalue weighted by Crippen LogP contribution is -2.28. The van der Waals surface area contributed by atoms with Crippen molar-refractivity contribution in [2.75, 3.05) is 7.11 Å². The zero-order valence-electron chi connectivity index (χ0n) is 16.7. The molecular formula is C21H18FN5O3S. The van der Waals surface area contributed by atoms with Crippen LogP contribution in [0.2, 0.25) is 0 Å². The Morgan fingerprint density at radius 1 is 1.23 bits per heavy atom. The normalized spacial score (nSPS) is 12.0. The van der Waals surface area contributed by atoms with Crippen LogP contribution in [-0.2, 0) is 4.74 Å². The Bertz CT molecular complexity index is 1250. The van der Waals surface area contributed by atoms with Crippen molar-refractivity contribution in [2.24, 2.45) is 0 Å². The van der Waals surface area contributed by atoms with Gasteiger partial charge in [-0.05, 0) is 30.7 Å². The topological polar surface area (TPSA) is 99.0 Å². The van der Waals surface area contributed by atoms with Crippen LogP contribution < -0.4 is 5.32 Å². The first-order valence-electron chi connectivity index (χ1n) is 9.44. The van der Waals surface area contributed by atoms with Crippen LogP contribution in [0.4, 0.5) is 4.39 Å². The number of amides is 1. The molecule has 8 nitrogen and oxygen atoms in total. The number of ether oxygens (including phenoxy) is 1. The number of aromatic nitrogens is 4. The van der Waals surface area contributed by atoms with Crippen molar-refractivity contribution in [3.63, 3.8) is 0 Å². The Balaban J connectivity index is 1.62. The number of fused-ring (bicyclic) bond motifs is 1. The largest absolute Gasteiger partial charge is 0.464 e. The van der Waals surface area contributed by atoms with Gasteiger partial charge in [-0.25, -0.2) is 18.9 Å². The number of nitrogens with one attached hydrogen (secondary N) is 1. The summed E-state index contributed by atoms with van der Waals surface area (Å²) in [4.78, 5) is 33.2. The molecule has 0 bridgehead atoms. The third-order valence-corrected chi connectivity index (χ3v) is 5.70. The Hall–Kier alpha value is -3.66. The predicted octanol–water partition coefficient (Wildman–Crippen LogP) is 3.68. The molecule has 1 N–H and O–H groups in total. The third-order valence-electron chi connectivity index (χ3n) is 4.74. The Kier molecular flexibility index (Phi) is 5.72. The number of esters is 1. The Morgan fingerprint density at radius 2 is 2.00 bits per heavy atom. The van der Waals surface area contributed by atoms with E-state index in [1.54, 1.807) is 34.6 Å². The number of methoxy groups -OCH3 is 1. The van der Waals surface area contributed by atoms with Gasteiger partial charge in [-0.2, -0.15) is 5.10 Å². The highest BCUT2D eigenvalue weighted by molar-refractivity contribution is 7.09. The number of halogens is 1. The standard InChI is InChI=1S/C21H18FN5O3S/c1-3-16(20-26-17(11-31-20)21(29)30-2)25-19(28)15-8-23-10-18-14(15)9-24-27(18)13-6-4-12(22)5-7-13/h4-11,16H,3H2,1-2H3,(H,25,28). The summed E-state index contributed by atoms with van der Waals surface area (Å²) < 4.78 is 19.5. The fourth-order valence-corrected chi connectivity index (χ4v) is 4.05. The van der Waals surface area contributed by atoms with Gasteiger partial charge in [-0.3, -0.25) is 9.78 Å². The Labute approximate surface area is 180 Å². The van der Waals surface area contributed by atoms with Crippen molar-refractivity contribution in [3.05, 3.63) is 70.3 Å². The summed E-state index contributed by atoms with van der Waals surface area (Å²) in [5, 5.41) is 10.1. The summed E-state index contributed by atoms with van der Waals surface area (Å²) in [6.45, 7) is 1.91. The second-order valence-electron chi connectivity index (χ2n) is 6.65. The fourth-order valence-electron chi connectivity index (χ4n) is 3.13. The van der Waals surface area contributed by atoms with E-state index in [9.17, 15) is 14.0 Å². The molecule has 1 amide bonds. The monoisotopic (exact) mass is 439 g/mol. The van der Waals surface area contributed by atoms with Gasteiger partial charge in [-0.15, -0.1) is 11.3 Å². The van der Waals surface area contributed by atoms with E-state index in [0.29, 0.717) is 33.6 Å². The molecule has 158 valence electrons. The molecule has 1 atom stereocenters. The van der Waals surface area contributed by atoms with Crippen LogP contribution in [0.5, 0.6) is 0 Å². The van der Waals surface area contributed by atoms with Crippen LogP contribution in [0.3, 0.4) is 0 Å². The molecule has 4 rings (SSSR count). The summed E-state index contributed by atoms with van der Waals surface area (Å²) in [5.41, 5.74) is 1.84. The fraction of sp³-hybridized carbons (Fsp3) is 0.190. The van der Waals surface area contributed by atoms with Gasteiger partial charge in [0, 0.05) is 17.0 Å². The average molecular weight is 439 g/mol. The summed E-state index contributed by atoms with van der Waals surface area (Å²) in [6.07, 6.45) is 5.24. The third kappa shape index (κ3) is 4.02. The van der Waals surface area contributed by atoms with Crippen LogP contribution in [0.15, 0.2) is 48.2 Å². The van der Waals surface area contributed by atoms with E-state index in [4.69, 9.17) is 0 Å². The summed E-state index contributed by atoms with van der Waals surface area (Å²) in [5.74, 6) is -1.20. The van der Waals surface area contributed by atoms with E-state index < -0.39 is 5.97 Å². The molecule has 3 heterocycles. The van der Waals surface area contributed by atoms with Gasteiger partial charge < -0.3 is 10.1 Å². The second-order valence-corrected chi connectivity index (χ2v) is 7.54. The van der Waals surface area contributed by atoms with Crippen LogP contribution in [0, 0.1) is 5.82 Å². The van der Waals surface area contributed by atoms with Crippen molar-refractivity contribution in [1.82, 2.24) is 25.1 Å². The van der Waals surface area contributed by atoms with Gasteiger partial charge in [0.15, 0.2) is 5.69 Å². The van der Waals surface area contributed by atoms with E-state index in [1.165, 1.54) is 36.8 Å². The number of thiazole rings is 1. The molecule has 0 radical (unpaired) electrons. The number of pyridine rings is 1. The molecule has 10 heteroatoms. The van der Waals surface area contributed by atoms with Crippen molar-refractivity contribution < 1.29 is 18.7 Å². The smallest absolute Gasteiger partial charge is 0.357 e. The molecule has 4 aromatic rings. The van der Waals surface area contributed by atoms with Crippen molar-refractivity contribution in [2.45, 2.75) is 19.4 Å². The van der Waals surface area contributed by atoms with Gasteiger partial charge in [0.1, 0.15) is 10.8 Å². The molecule has 0 aliphatic heterocycles. The molecular weight excluding hydrogens is 421 g/mol. The number of benzene rings is 1. The molecule has 0 fully saturated rings. The predicted molar refractivity (Wildman–Crippen MR) is 113 cm³/mol. The number of hydrogen-bond donors (Lipinski definition) is 1. The maximum absolute atomic E-state index is 13.2. The summed E-state index contributed by atoms with van der Waals surface area (Å²) in [6, 6.07) is 5.51. The zero-order valence-corrected chi connectivity index (χ0v) is 17.5. The van der Waals surface area contributed by atoms with Gasteiger partial charge in [0.2, 0.25) is 0 Å². The maximum Gasteiger partial charge on any atom is 0.357 e. The van der Waals surface area contributed by atoms with Crippen LogP contribution in [0.25, 0.3) is 16.6 Å². The molecule has 0 saturated heterocycles. The van der Waals surface area contributed by atoms with Gasteiger partial charge in [0.05, 0.1) is 42.3 Å². The quantitative estimate of drug-likeness (QED) is 0.460. The minimum Gasteiger partial charge on any atom is -0.464 e. The van der Waals surface area contributed by atoms with Crippen LogP contribution in [0.1, 0.15) is 45.2 Å². The van der Waals surface area contributed by atoms with E-state index in [0.717, 1.165) is 0 Å². The molecule has 0 spiro atoms. The lowest BCUT2D eigenvalue weighted by molar-refractivity contribution is 0.0594. The lowest BCUT2D eigenvalue weighted by Gasteiger charge is -2.14. The van der Waals surface area contributed by atoms with Gasteiger partial charge >= 0.3 is 5.97 Å².